The van der Waals surface area contributed by atoms with Gasteiger partial charge in [0.15, 0.2) is 0 Å². The van der Waals surface area contributed by atoms with Gasteiger partial charge in [0.2, 0.25) is 0 Å². The molecular weight excluding hydrogens is 306 g/mol. The molecule has 0 unspecified atom stereocenters. The first kappa shape index (κ1) is 17.5. The number of hydrogen-bond acceptors (Lipinski definition) is 1. The minimum absolute atomic E-state index is 0. The summed E-state index contributed by atoms with van der Waals surface area (Å²) in [5.41, 5.74) is 1.44. The van der Waals surface area contributed by atoms with Crippen molar-refractivity contribution in [3.63, 3.8) is 0 Å². The monoisotopic (exact) mass is 326 g/mol. The van der Waals surface area contributed by atoms with E-state index in [1.54, 1.807) is 0 Å². The van der Waals surface area contributed by atoms with Crippen molar-refractivity contribution in [2.45, 2.75) is 6.92 Å². The van der Waals surface area contributed by atoms with E-state index in [9.17, 15) is 0 Å². The van der Waals surface area contributed by atoms with Crippen molar-refractivity contribution in [1.82, 2.24) is 0 Å². The fraction of sp³-hybridized carbons (Fsp3) is 0.0952. The molecule has 0 N–H and O–H groups in total. The zero-order valence-electron chi connectivity index (χ0n) is 14.2. The summed E-state index contributed by atoms with van der Waals surface area (Å²) in [6.07, 6.45) is 0. The molecule has 1 nitrogen and oxygen atoms in total. The van der Waals surface area contributed by atoms with Crippen LogP contribution in [0.2, 0.25) is 0 Å². The molecule has 0 saturated carbocycles. The van der Waals surface area contributed by atoms with Gasteiger partial charge in [-0.1, -0.05) is 0 Å². The maximum Gasteiger partial charge on any atom is 1.00 e. The van der Waals surface area contributed by atoms with E-state index < -0.39 is 6.83 Å². The Labute approximate surface area is 156 Å². The van der Waals surface area contributed by atoms with Crippen molar-refractivity contribution in [2.75, 3.05) is 6.61 Å². The average molecular weight is 326 g/mol. The van der Waals surface area contributed by atoms with E-state index in [4.69, 9.17) is 4.52 Å². The standard InChI is InChI=1S/C21H20OP.Li/c1-18-17-22-23(18,19-11-5-2-6-12-19,20-13-7-3-8-14-20)21-15-9-4-10-16-21;/h2-16H,17H2,1H3;/q-1;+1. The summed E-state index contributed by atoms with van der Waals surface area (Å²) in [6.45, 7) is 0.0789. The van der Waals surface area contributed by atoms with Gasteiger partial charge in [-0.25, -0.2) is 0 Å². The zero-order valence-corrected chi connectivity index (χ0v) is 15.1. The normalized spacial score (nSPS) is 20.0. The molecular formula is C21H20LiOP. The summed E-state index contributed by atoms with van der Waals surface area (Å²) in [6, 6.07) is 32.2. The minimum atomic E-state index is -2.91. The van der Waals surface area contributed by atoms with E-state index in [2.05, 4.69) is 97.9 Å². The summed E-state index contributed by atoms with van der Waals surface area (Å²) in [7, 11) is 0. The van der Waals surface area contributed by atoms with Gasteiger partial charge in [0.05, 0.1) is 0 Å². The molecule has 116 valence electrons. The second-order valence-corrected chi connectivity index (χ2v) is 10.7. The van der Waals surface area contributed by atoms with Crippen molar-refractivity contribution >= 4 is 22.7 Å². The van der Waals surface area contributed by atoms with Gasteiger partial charge < -0.3 is 0 Å². The quantitative estimate of drug-likeness (QED) is 0.397. The van der Waals surface area contributed by atoms with Crippen LogP contribution < -0.4 is 34.8 Å². The van der Waals surface area contributed by atoms with E-state index in [-0.39, 0.29) is 18.9 Å². The van der Waals surface area contributed by atoms with E-state index in [0.717, 1.165) is 6.61 Å². The molecule has 1 saturated heterocycles. The van der Waals surface area contributed by atoms with Crippen molar-refractivity contribution < 1.29 is 23.4 Å². The smallest absolute Gasteiger partial charge is 1.00 e. The van der Waals surface area contributed by atoms with Crippen molar-refractivity contribution in [3.05, 3.63) is 96.7 Å². The van der Waals surface area contributed by atoms with Gasteiger partial charge in [-0.15, -0.1) is 0 Å². The van der Waals surface area contributed by atoms with Crippen molar-refractivity contribution in [3.8, 4) is 0 Å². The molecule has 0 radical (unpaired) electrons. The third-order valence-corrected chi connectivity index (χ3v) is 11.1. The molecule has 4 rings (SSSR count). The molecule has 0 atom stereocenters. The predicted molar refractivity (Wildman–Crippen MR) is 100 cm³/mol. The number of hydrogen-bond donors (Lipinski definition) is 0. The van der Waals surface area contributed by atoms with E-state index >= 15 is 0 Å². The Morgan fingerprint density at radius 1 is 0.667 bits per heavy atom. The Morgan fingerprint density at radius 2 is 1.00 bits per heavy atom. The SMILES string of the molecule is C[C-]1COP1(c1ccccc1)(c1ccccc1)c1ccccc1.[Li+]. The van der Waals surface area contributed by atoms with E-state index in [1.165, 1.54) is 21.6 Å². The van der Waals surface area contributed by atoms with E-state index in [0.29, 0.717) is 0 Å². The Hall–Kier alpha value is -1.35. The maximum atomic E-state index is 6.67. The molecule has 24 heavy (non-hydrogen) atoms. The molecule has 0 bridgehead atoms. The van der Waals surface area contributed by atoms with Gasteiger partial charge in [-0.05, 0) is 0 Å². The van der Waals surface area contributed by atoms with Gasteiger partial charge >= 0.3 is 156 Å². The Bertz CT molecular complexity index is 706. The molecule has 3 aromatic carbocycles. The van der Waals surface area contributed by atoms with Crippen LogP contribution in [-0.4, -0.2) is 6.61 Å². The largest absolute Gasteiger partial charge is 1.00 e. The van der Waals surface area contributed by atoms with Gasteiger partial charge in [-0.2, -0.15) is 0 Å². The van der Waals surface area contributed by atoms with E-state index in [1.807, 2.05) is 0 Å². The Balaban J connectivity index is 0.00000169. The van der Waals surface area contributed by atoms with Crippen LogP contribution in [0.5, 0.6) is 0 Å². The first-order valence-corrected chi connectivity index (χ1v) is 10.1. The van der Waals surface area contributed by atoms with Crippen LogP contribution >= 0.6 is 6.83 Å². The second kappa shape index (κ2) is 6.51. The zero-order chi connectivity index (χ0) is 15.8. The fourth-order valence-electron chi connectivity index (χ4n) is 3.86. The van der Waals surface area contributed by atoms with Crippen LogP contribution in [0.15, 0.2) is 91.0 Å². The number of benzene rings is 3. The molecule has 0 aromatic heterocycles. The third kappa shape index (κ3) is 2.10. The molecule has 0 amide bonds. The van der Waals surface area contributed by atoms with Crippen molar-refractivity contribution in [2.24, 2.45) is 0 Å². The van der Waals surface area contributed by atoms with Crippen LogP contribution in [0.4, 0.5) is 0 Å². The number of rotatable bonds is 3. The second-order valence-electron chi connectivity index (χ2n) is 6.05. The summed E-state index contributed by atoms with van der Waals surface area (Å²) < 4.78 is 6.67. The molecule has 1 fully saturated rings. The molecule has 1 heterocycles. The summed E-state index contributed by atoms with van der Waals surface area (Å²) >= 11 is 0. The average Bonchev–Trinajstić information content (AvgIpc) is 2.64. The van der Waals surface area contributed by atoms with Crippen LogP contribution in [0, 0.1) is 5.66 Å². The molecule has 3 aromatic rings. The first-order chi connectivity index (χ1) is 11.3. The van der Waals surface area contributed by atoms with Crippen molar-refractivity contribution in [1.29, 1.82) is 0 Å². The molecule has 0 aliphatic carbocycles. The Morgan fingerprint density at radius 3 is 1.21 bits per heavy atom. The van der Waals surface area contributed by atoms with Crippen LogP contribution in [0.3, 0.4) is 0 Å². The van der Waals surface area contributed by atoms with Gasteiger partial charge in [-0.3, -0.25) is 0 Å². The maximum absolute atomic E-state index is 6.67. The van der Waals surface area contributed by atoms with Crippen LogP contribution in [-0.2, 0) is 4.52 Å². The fourth-order valence-corrected chi connectivity index (χ4v) is 9.52. The topological polar surface area (TPSA) is 9.23 Å². The summed E-state index contributed by atoms with van der Waals surface area (Å²) in [5.74, 6) is 0. The molecule has 1 aliphatic heterocycles. The molecule has 3 heteroatoms. The molecule has 1 aliphatic rings. The summed E-state index contributed by atoms with van der Waals surface area (Å²) in [5, 5.41) is 3.87. The van der Waals surface area contributed by atoms with Crippen LogP contribution in [0.1, 0.15) is 6.92 Å². The van der Waals surface area contributed by atoms with Gasteiger partial charge in [0, 0.05) is 0 Å². The minimum Gasteiger partial charge on any atom is 1.00 e. The Kier molecular flexibility index (Phi) is 4.74. The molecule has 0 spiro atoms. The first-order valence-electron chi connectivity index (χ1n) is 7.95. The van der Waals surface area contributed by atoms with Gasteiger partial charge in [0.25, 0.3) is 0 Å². The van der Waals surface area contributed by atoms with Crippen LogP contribution in [0.25, 0.3) is 0 Å². The predicted octanol–water partition coefficient (Wildman–Crippen LogP) is 1.02. The van der Waals surface area contributed by atoms with Gasteiger partial charge in [0.1, 0.15) is 0 Å². The third-order valence-electron chi connectivity index (χ3n) is 5.01. The summed E-state index contributed by atoms with van der Waals surface area (Å²) in [4.78, 5) is 0.